The molecule has 2 aliphatic rings. The second kappa shape index (κ2) is 5.91. The van der Waals surface area contributed by atoms with E-state index in [1.54, 1.807) is 31.4 Å². The Bertz CT molecular complexity index is 627. The Kier molecular flexibility index (Phi) is 3.98. The van der Waals surface area contributed by atoms with Gasteiger partial charge in [-0.2, -0.15) is 4.99 Å². The van der Waals surface area contributed by atoms with Gasteiger partial charge in [0.15, 0.2) is 5.17 Å². The predicted molar refractivity (Wildman–Crippen MR) is 83.1 cm³/mol. The fourth-order valence-corrected chi connectivity index (χ4v) is 3.32. The number of carbonyl (C=O) groups excluding carboxylic acids is 1. The van der Waals surface area contributed by atoms with E-state index in [2.05, 4.69) is 9.89 Å². The molecule has 0 unspecified atom stereocenters. The predicted octanol–water partition coefficient (Wildman–Crippen LogP) is 2.08. The number of benzene rings is 1. The quantitative estimate of drug-likeness (QED) is 0.848. The molecule has 6 heteroatoms. The molecule has 0 spiro atoms. The second-order valence-electron chi connectivity index (χ2n) is 4.96. The molecule has 3 rings (SSSR count). The monoisotopic (exact) mass is 304 g/mol. The standard InChI is InChI=1S/C15H16N2O3S/c1-20-11-6-7-17(9-11)15-16-14(19)13(21-15)8-10-4-2-3-5-12(10)18/h2-5,8,11,18H,6-7,9H2,1H3/b13-8-/t11-/m0/s1. The van der Waals surface area contributed by atoms with E-state index >= 15 is 0 Å². The lowest BCUT2D eigenvalue weighted by atomic mass is 10.2. The molecule has 2 aliphatic heterocycles. The molecule has 0 saturated carbocycles. The Balaban J connectivity index is 1.75. The molecule has 5 nitrogen and oxygen atoms in total. The molecule has 1 aromatic rings. The van der Waals surface area contributed by atoms with Gasteiger partial charge in [-0.3, -0.25) is 4.79 Å². The van der Waals surface area contributed by atoms with Crippen molar-refractivity contribution in [3.05, 3.63) is 34.7 Å². The molecule has 21 heavy (non-hydrogen) atoms. The summed E-state index contributed by atoms with van der Waals surface area (Å²) in [5.74, 6) is -0.0911. The molecular weight excluding hydrogens is 288 g/mol. The van der Waals surface area contributed by atoms with Crippen molar-refractivity contribution in [1.29, 1.82) is 0 Å². The van der Waals surface area contributed by atoms with Crippen molar-refractivity contribution in [3.8, 4) is 5.75 Å². The van der Waals surface area contributed by atoms with E-state index in [0.29, 0.717) is 10.5 Å². The Labute approximate surface area is 127 Å². The smallest absolute Gasteiger partial charge is 0.286 e. The van der Waals surface area contributed by atoms with E-state index in [9.17, 15) is 9.90 Å². The molecule has 2 heterocycles. The summed E-state index contributed by atoms with van der Waals surface area (Å²) in [4.78, 5) is 18.7. The van der Waals surface area contributed by atoms with Gasteiger partial charge in [0.05, 0.1) is 11.0 Å². The number of para-hydroxylation sites is 1. The lowest BCUT2D eigenvalue weighted by molar-refractivity contribution is -0.113. The van der Waals surface area contributed by atoms with Crippen LogP contribution < -0.4 is 0 Å². The third-order valence-electron chi connectivity index (χ3n) is 3.58. The zero-order valence-corrected chi connectivity index (χ0v) is 12.5. The maximum absolute atomic E-state index is 12.0. The van der Waals surface area contributed by atoms with Gasteiger partial charge in [-0.15, -0.1) is 0 Å². The van der Waals surface area contributed by atoms with Gasteiger partial charge < -0.3 is 14.7 Å². The first-order chi connectivity index (χ1) is 10.2. The number of nitrogens with zero attached hydrogens (tertiary/aromatic N) is 2. The van der Waals surface area contributed by atoms with E-state index in [4.69, 9.17) is 4.74 Å². The number of aromatic hydroxyl groups is 1. The van der Waals surface area contributed by atoms with Gasteiger partial charge in [-0.1, -0.05) is 18.2 Å². The number of hydrogen-bond donors (Lipinski definition) is 1. The number of ether oxygens (including phenoxy) is 1. The maximum atomic E-state index is 12.0. The van der Waals surface area contributed by atoms with Gasteiger partial charge in [0, 0.05) is 25.8 Å². The van der Waals surface area contributed by atoms with Crippen LogP contribution in [0.2, 0.25) is 0 Å². The highest BCUT2D eigenvalue weighted by Crippen LogP contribution is 2.33. The minimum atomic E-state index is -0.251. The molecule has 110 valence electrons. The molecule has 0 aromatic heterocycles. The molecule has 1 amide bonds. The van der Waals surface area contributed by atoms with Crippen LogP contribution in [0.4, 0.5) is 0 Å². The normalized spacial score (nSPS) is 24.0. The Morgan fingerprint density at radius 3 is 3.00 bits per heavy atom. The Hall–Kier alpha value is -1.79. The highest BCUT2D eigenvalue weighted by Gasteiger charge is 2.31. The Morgan fingerprint density at radius 1 is 1.48 bits per heavy atom. The molecule has 0 bridgehead atoms. The van der Waals surface area contributed by atoms with E-state index in [0.717, 1.165) is 24.7 Å². The number of amidine groups is 1. The van der Waals surface area contributed by atoms with Crippen LogP contribution in [0.1, 0.15) is 12.0 Å². The molecule has 1 atom stereocenters. The molecule has 1 saturated heterocycles. The zero-order valence-electron chi connectivity index (χ0n) is 11.7. The van der Waals surface area contributed by atoms with Crippen LogP contribution in [0.15, 0.2) is 34.2 Å². The van der Waals surface area contributed by atoms with Crippen molar-refractivity contribution in [3.63, 3.8) is 0 Å². The van der Waals surface area contributed by atoms with Crippen LogP contribution in [0.25, 0.3) is 6.08 Å². The summed E-state index contributed by atoms with van der Waals surface area (Å²) in [5.41, 5.74) is 0.626. The SMILES string of the molecule is CO[C@H]1CCN(C2=NC(=O)/C(=C/c3ccccc3O)S2)C1. The van der Waals surface area contributed by atoms with Crippen molar-refractivity contribution < 1.29 is 14.6 Å². The largest absolute Gasteiger partial charge is 0.507 e. The molecular formula is C15H16N2O3S. The molecule has 1 fully saturated rings. The summed E-state index contributed by atoms with van der Waals surface area (Å²) in [6.45, 7) is 1.61. The van der Waals surface area contributed by atoms with Crippen molar-refractivity contribution >= 4 is 28.9 Å². The lowest BCUT2D eigenvalue weighted by Gasteiger charge is -2.16. The van der Waals surface area contributed by atoms with Gasteiger partial charge in [0.1, 0.15) is 5.75 Å². The first-order valence-corrected chi connectivity index (χ1v) is 7.57. The highest BCUT2D eigenvalue weighted by molar-refractivity contribution is 8.18. The van der Waals surface area contributed by atoms with Crippen LogP contribution in [0, 0.1) is 0 Å². The first kappa shape index (κ1) is 14.2. The molecule has 1 N–H and O–H groups in total. The number of phenols is 1. The fraction of sp³-hybridized carbons (Fsp3) is 0.333. The minimum absolute atomic E-state index is 0.160. The fourth-order valence-electron chi connectivity index (χ4n) is 2.38. The average molecular weight is 304 g/mol. The average Bonchev–Trinajstić information content (AvgIpc) is 3.08. The number of methoxy groups -OCH3 is 1. The lowest BCUT2D eigenvalue weighted by Crippen LogP contribution is -2.26. The summed E-state index contributed by atoms with van der Waals surface area (Å²) in [5, 5.41) is 10.5. The Morgan fingerprint density at radius 2 is 2.29 bits per heavy atom. The van der Waals surface area contributed by atoms with Crippen LogP contribution in [0.3, 0.4) is 0 Å². The third-order valence-corrected chi connectivity index (χ3v) is 4.63. The van der Waals surface area contributed by atoms with E-state index in [1.807, 2.05) is 6.07 Å². The van der Waals surface area contributed by atoms with E-state index in [1.165, 1.54) is 11.8 Å². The van der Waals surface area contributed by atoms with E-state index < -0.39 is 0 Å². The second-order valence-corrected chi connectivity index (χ2v) is 5.97. The summed E-state index contributed by atoms with van der Waals surface area (Å²) < 4.78 is 5.33. The summed E-state index contributed by atoms with van der Waals surface area (Å²) in [7, 11) is 1.70. The number of thioether (sulfide) groups is 1. The van der Waals surface area contributed by atoms with Crippen molar-refractivity contribution in [2.24, 2.45) is 4.99 Å². The number of phenolic OH excluding ortho intramolecular Hbond substituents is 1. The molecule has 0 aliphatic carbocycles. The highest BCUT2D eigenvalue weighted by atomic mass is 32.2. The van der Waals surface area contributed by atoms with Crippen LogP contribution >= 0.6 is 11.8 Å². The van der Waals surface area contributed by atoms with Gasteiger partial charge >= 0.3 is 0 Å². The summed E-state index contributed by atoms with van der Waals surface area (Å²) >= 11 is 1.35. The van der Waals surface area contributed by atoms with Crippen molar-refractivity contribution in [1.82, 2.24) is 4.90 Å². The third kappa shape index (κ3) is 2.96. The number of amides is 1. The van der Waals surface area contributed by atoms with Crippen LogP contribution in [0.5, 0.6) is 5.75 Å². The molecule has 0 radical (unpaired) electrons. The van der Waals surface area contributed by atoms with Crippen LogP contribution in [-0.2, 0) is 9.53 Å². The number of hydrogen-bond acceptors (Lipinski definition) is 5. The van der Waals surface area contributed by atoms with Crippen molar-refractivity contribution in [2.45, 2.75) is 12.5 Å². The summed E-state index contributed by atoms with van der Waals surface area (Å²) in [6.07, 6.45) is 2.83. The summed E-state index contributed by atoms with van der Waals surface area (Å²) in [6, 6.07) is 6.94. The number of carbonyl (C=O) groups is 1. The first-order valence-electron chi connectivity index (χ1n) is 6.75. The van der Waals surface area contributed by atoms with Gasteiger partial charge in [0.2, 0.25) is 0 Å². The topological polar surface area (TPSA) is 62.1 Å². The van der Waals surface area contributed by atoms with Gasteiger partial charge in [-0.05, 0) is 30.3 Å². The van der Waals surface area contributed by atoms with Gasteiger partial charge in [0.25, 0.3) is 5.91 Å². The molecule has 1 aromatic carbocycles. The van der Waals surface area contributed by atoms with Gasteiger partial charge in [-0.25, -0.2) is 0 Å². The maximum Gasteiger partial charge on any atom is 0.286 e. The minimum Gasteiger partial charge on any atom is -0.507 e. The van der Waals surface area contributed by atoms with E-state index in [-0.39, 0.29) is 17.8 Å². The number of rotatable bonds is 2. The number of likely N-dealkylation sites (tertiary alicyclic amines) is 1. The van der Waals surface area contributed by atoms with Crippen molar-refractivity contribution in [2.75, 3.05) is 20.2 Å². The van der Waals surface area contributed by atoms with Crippen LogP contribution in [-0.4, -0.2) is 47.4 Å². The zero-order chi connectivity index (χ0) is 14.8. The number of aliphatic imine (C=N–C) groups is 1.